The molecule has 0 unspecified atom stereocenters. The summed E-state index contributed by atoms with van der Waals surface area (Å²) in [4.78, 5) is 26.9. The monoisotopic (exact) mass is 333 g/mol. The van der Waals surface area contributed by atoms with Crippen molar-refractivity contribution in [2.24, 2.45) is 5.41 Å². The van der Waals surface area contributed by atoms with Crippen molar-refractivity contribution in [3.63, 3.8) is 0 Å². The van der Waals surface area contributed by atoms with Gasteiger partial charge in [0.05, 0.1) is 19.6 Å². The van der Waals surface area contributed by atoms with Gasteiger partial charge < -0.3 is 19.5 Å². The highest BCUT2D eigenvalue weighted by atomic mass is 16.5. The summed E-state index contributed by atoms with van der Waals surface area (Å²) in [6.07, 6.45) is 2.62. The molecule has 3 rings (SSSR count). The zero-order chi connectivity index (χ0) is 17.5. The van der Waals surface area contributed by atoms with Crippen molar-refractivity contribution in [2.75, 3.05) is 14.2 Å². The molecule has 2 fully saturated rings. The molecule has 3 atom stereocenters. The van der Waals surface area contributed by atoms with E-state index in [1.165, 1.54) is 14.2 Å². The Kier molecular flexibility index (Phi) is 4.15. The van der Waals surface area contributed by atoms with E-state index >= 15 is 0 Å². The summed E-state index contributed by atoms with van der Waals surface area (Å²) >= 11 is 0. The number of carbonyl (C=O) groups excluding carboxylic acids is 1. The Morgan fingerprint density at radius 1 is 1.25 bits per heavy atom. The number of aliphatic carboxylic acids is 1. The third kappa shape index (κ3) is 2.16. The van der Waals surface area contributed by atoms with Gasteiger partial charge in [-0.3, -0.25) is 9.59 Å². The zero-order valence-electron chi connectivity index (χ0n) is 14.2. The van der Waals surface area contributed by atoms with Crippen molar-refractivity contribution in [1.82, 2.24) is 4.90 Å². The van der Waals surface area contributed by atoms with Crippen molar-refractivity contribution < 1.29 is 24.2 Å². The van der Waals surface area contributed by atoms with Crippen molar-refractivity contribution in [1.29, 1.82) is 0 Å². The zero-order valence-corrected chi connectivity index (χ0v) is 14.2. The molecule has 24 heavy (non-hydrogen) atoms. The highest BCUT2D eigenvalue weighted by molar-refractivity contribution is 6.01. The first-order valence-corrected chi connectivity index (χ1v) is 8.27. The molecular formula is C18H23NO5. The molecule has 0 spiro atoms. The first-order chi connectivity index (χ1) is 11.5. The molecule has 0 radical (unpaired) electrons. The molecule has 2 saturated heterocycles. The minimum absolute atomic E-state index is 0.0341. The van der Waals surface area contributed by atoms with Gasteiger partial charge >= 0.3 is 5.97 Å². The molecule has 2 bridgehead atoms. The van der Waals surface area contributed by atoms with Crippen LogP contribution in [0.4, 0.5) is 0 Å². The summed E-state index contributed by atoms with van der Waals surface area (Å²) in [6.45, 7) is 1.89. The molecule has 0 aliphatic carbocycles. The number of nitrogens with zero attached hydrogens (tertiary/aromatic N) is 1. The quantitative estimate of drug-likeness (QED) is 0.896. The third-order valence-electron chi connectivity index (χ3n) is 5.67. The predicted octanol–water partition coefficient (Wildman–Crippen LogP) is 2.56. The minimum atomic E-state index is -0.839. The number of amides is 1. The summed E-state index contributed by atoms with van der Waals surface area (Å²) in [5.74, 6) is -0.110. The molecule has 0 saturated carbocycles. The second-order valence-corrected chi connectivity index (χ2v) is 6.52. The summed E-state index contributed by atoms with van der Waals surface area (Å²) in [7, 11) is 3.02. The number of carboxylic acids is 1. The molecule has 130 valence electrons. The van der Waals surface area contributed by atoms with E-state index in [1.807, 2.05) is 6.92 Å². The number of rotatable bonds is 5. The van der Waals surface area contributed by atoms with Crippen LogP contribution in [0.25, 0.3) is 0 Å². The van der Waals surface area contributed by atoms with Gasteiger partial charge in [0.15, 0.2) is 0 Å². The van der Waals surface area contributed by atoms with Crippen LogP contribution < -0.4 is 9.47 Å². The Morgan fingerprint density at radius 2 is 1.88 bits per heavy atom. The first kappa shape index (κ1) is 16.6. The fourth-order valence-corrected chi connectivity index (χ4v) is 4.44. The molecule has 2 heterocycles. The molecule has 1 aromatic rings. The molecule has 2 aliphatic rings. The van der Waals surface area contributed by atoms with Crippen LogP contribution in [0, 0.1) is 5.41 Å². The van der Waals surface area contributed by atoms with Gasteiger partial charge in [0, 0.05) is 12.1 Å². The van der Waals surface area contributed by atoms with E-state index in [-0.39, 0.29) is 18.0 Å². The molecular weight excluding hydrogens is 310 g/mol. The van der Waals surface area contributed by atoms with Crippen LogP contribution in [0.1, 0.15) is 43.0 Å². The number of hydrogen-bond donors (Lipinski definition) is 1. The van der Waals surface area contributed by atoms with Gasteiger partial charge in [-0.15, -0.1) is 0 Å². The fraction of sp³-hybridized carbons (Fsp3) is 0.556. The van der Waals surface area contributed by atoms with Gasteiger partial charge in [-0.25, -0.2) is 0 Å². The Balaban J connectivity index is 2.02. The molecule has 0 aromatic heterocycles. The van der Waals surface area contributed by atoms with Crippen LogP contribution in [0.5, 0.6) is 11.5 Å². The highest BCUT2D eigenvalue weighted by Crippen LogP contribution is 2.53. The van der Waals surface area contributed by atoms with Gasteiger partial charge in [0.2, 0.25) is 0 Å². The number of ether oxygens (including phenoxy) is 2. The Hall–Kier alpha value is -2.24. The summed E-state index contributed by atoms with van der Waals surface area (Å²) in [5.41, 5.74) is -0.468. The largest absolute Gasteiger partial charge is 0.496 e. The molecule has 2 aliphatic heterocycles. The number of benzene rings is 1. The lowest BCUT2D eigenvalue weighted by Crippen LogP contribution is -2.44. The number of hydrogen-bond acceptors (Lipinski definition) is 4. The fourth-order valence-electron chi connectivity index (χ4n) is 4.44. The van der Waals surface area contributed by atoms with E-state index in [1.54, 1.807) is 23.1 Å². The number of methoxy groups -OCH3 is 2. The molecule has 1 amide bonds. The van der Waals surface area contributed by atoms with E-state index in [2.05, 4.69) is 0 Å². The van der Waals surface area contributed by atoms with Gasteiger partial charge in [-0.05, 0) is 37.8 Å². The maximum atomic E-state index is 13.3. The average Bonchev–Trinajstić information content (AvgIpc) is 3.16. The predicted molar refractivity (Wildman–Crippen MR) is 87.5 cm³/mol. The van der Waals surface area contributed by atoms with Crippen LogP contribution >= 0.6 is 0 Å². The van der Waals surface area contributed by atoms with Gasteiger partial charge in [0.1, 0.15) is 17.1 Å². The van der Waals surface area contributed by atoms with E-state index < -0.39 is 11.4 Å². The number of carbonyl (C=O) groups is 2. The lowest BCUT2D eigenvalue weighted by atomic mass is 9.72. The number of fused-ring (bicyclic) bond motifs is 2. The third-order valence-corrected chi connectivity index (χ3v) is 5.67. The van der Waals surface area contributed by atoms with Crippen LogP contribution in [-0.4, -0.2) is 48.2 Å². The summed E-state index contributed by atoms with van der Waals surface area (Å²) in [6, 6.07) is 4.90. The van der Waals surface area contributed by atoms with Crippen molar-refractivity contribution in [2.45, 2.75) is 44.7 Å². The van der Waals surface area contributed by atoms with Gasteiger partial charge in [-0.2, -0.15) is 0 Å². The van der Waals surface area contributed by atoms with E-state index in [0.717, 1.165) is 12.8 Å². The van der Waals surface area contributed by atoms with Gasteiger partial charge in [0.25, 0.3) is 5.91 Å². The Labute approximate surface area is 141 Å². The normalized spacial score (nSPS) is 28.0. The van der Waals surface area contributed by atoms with Gasteiger partial charge in [-0.1, -0.05) is 13.0 Å². The lowest BCUT2D eigenvalue weighted by Gasteiger charge is -2.32. The van der Waals surface area contributed by atoms with E-state index in [9.17, 15) is 14.7 Å². The maximum absolute atomic E-state index is 13.3. The Bertz CT molecular complexity index is 651. The highest BCUT2D eigenvalue weighted by Gasteiger charge is 2.60. The smallest absolute Gasteiger partial charge is 0.311 e. The van der Waals surface area contributed by atoms with Crippen molar-refractivity contribution in [3.8, 4) is 11.5 Å². The molecule has 6 heteroatoms. The maximum Gasteiger partial charge on any atom is 0.311 e. The Morgan fingerprint density at radius 3 is 2.33 bits per heavy atom. The van der Waals surface area contributed by atoms with Crippen LogP contribution in [0.15, 0.2) is 18.2 Å². The lowest BCUT2D eigenvalue weighted by molar-refractivity contribution is -0.151. The van der Waals surface area contributed by atoms with E-state index in [0.29, 0.717) is 29.9 Å². The number of carboxylic acid groups (broad SMARTS) is 1. The van der Waals surface area contributed by atoms with Crippen molar-refractivity contribution >= 4 is 11.9 Å². The second-order valence-electron chi connectivity index (χ2n) is 6.52. The SMILES string of the molecule is CC[C@@]1(C(=O)O)C[C@@H]2CC[C@H]1N2C(=O)c1c(OC)cccc1OC. The molecule has 1 N–H and O–H groups in total. The first-order valence-electron chi connectivity index (χ1n) is 8.27. The van der Waals surface area contributed by atoms with Crippen LogP contribution in [0.3, 0.4) is 0 Å². The van der Waals surface area contributed by atoms with Crippen LogP contribution in [0.2, 0.25) is 0 Å². The summed E-state index contributed by atoms with van der Waals surface area (Å²) in [5, 5.41) is 9.77. The van der Waals surface area contributed by atoms with E-state index in [4.69, 9.17) is 9.47 Å². The van der Waals surface area contributed by atoms with Crippen LogP contribution in [-0.2, 0) is 4.79 Å². The second kappa shape index (κ2) is 6.00. The minimum Gasteiger partial charge on any atom is -0.496 e. The summed E-state index contributed by atoms with van der Waals surface area (Å²) < 4.78 is 10.7. The average molecular weight is 333 g/mol. The topological polar surface area (TPSA) is 76.1 Å². The van der Waals surface area contributed by atoms with Crippen molar-refractivity contribution in [3.05, 3.63) is 23.8 Å². The standard InChI is InChI=1S/C18H23NO5/c1-4-18(17(21)22)10-11-8-9-14(18)19(11)16(20)15-12(23-2)6-5-7-13(15)24-3/h5-7,11,14H,4,8-10H2,1-3H3,(H,21,22)/t11-,14+,18+/m0/s1. The molecule has 6 nitrogen and oxygen atoms in total. The molecule has 1 aromatic carbocycles.